The molecule has 8 nitrogen and oxygen atoms in total. The summed E-state index contributed by atoms with van der Waals surface area (Å²) in [6.45, 7) is 0. The Morgan fingerprint density at radius 1 is 0.923 bits per heavy atom. The Kier molecular flexibility index (Phi) is 5.69. The number of benzene rings is 2. The van der Waals surface area contributed by atoms with Gasteiger partial charge in [-0.3, -0.25) is 4.79 Å². The zero-order valence-corrected chi connectivity index (χ0v) is 13.4. The molecule has 0 aromatic heterocycles. The van der Waals surface area contributed by atoms with Crippen molar-refractivity contribution in [2.45, 2.75) is 12.5 Å². The van der Waals surface area contributed by atoms with E-state index in [-0.39, 0.29) is 22.8 Å². The van der Waals surface area contributed by atoms with E-state index in [2.05, 4.69) is 0 Å². The number of esters is 1. The number of carbonyl (C=O) groups excluding carboxylic acids is 1. The minimum absolute atomic E-state index is 0.201. The summed E-state index contributed by atoms with van der Waals surface area (Å²) >= 11 is 0. The first-order chi connectivity index (χ1) is 12.3. The third-order valence-electron chi connectivity index (χ3n) is 3.40. The Bertz CT molecular complexity index is 856. The van der Waals surface area contributed by atoms with Gasteiger partial charge in [-0.1, -0.05) is 12.1 Å². The van der Waals surface area contributed by atoms with Crippen molar-refractivity contribution in [3.8, 4) is 23.0 Å². The summed E-state index contributed by atoms with van der Waals surface area (Å²) < 4.78 is 5.11. The van der Waals surface area contributed by atoms with Crippen molar-refractivity contribution in [2.24, 2.45) is 0 Å². The second-order valence-corrected chi connectivity index (χ2v) is 5.35. The Balaban J connectivity index is 2.15. The number of aliphatic carboxylic acids is 1. The molecule has 0 saturated heterocycles. The number of ether oxygens (including phenoxy) is 1. The molecular weight excluding hydrogens is 344 g/mol. The lowest BCUT2D eigenvalue weighted by atomic mass is 10.1. The van der Waals surface area contributed by atoms with Crippen LogP contribution in [0, 0.1) is 0 Å². The highest BCUT2D eigenvalue weighted by atomic mass is 16.5. The Morgan fingerprint density at radius 2 is 1.54 bits per heavy atom. The zero-order valence-electron chi connectivity index (χ0n) is 13.4. The minimum atomic E-state index is -1.22. The highest BCUT2D eigenvalue weighted by molar-refractivity contribution is 5.87. The van der Waals surface area contributed by atoms with E-state index in [1.807, 2.05) is 0 Å². The first kappa shape index (κ1) is 18.7. The van der Waals surface area contributed by atoms with Crippen molar-refractivity contribution in [1.82, 2.24) is 0 Å². The number of carboxylic acid groups (broad SMARTS) is 1. The van der Waals surface area contributed by atoms with Crippen molar-refractivity contribution in [2.75, 3.05) is 0 Å². The molecule has 2 aromatic carbocycles. The van der Waals surface area contributed by atoms with E-state index in [1.54, 1.807) is 0 Å². The van der Waals surface area contributed by atoms with Gasteiger partial charge in [-0.05, 0) is 41.5 Å². The van der Waals surface area contributed by atoms with Gasteiger partial charge in [0.05, 0.1) is 6.42 Å². The van der Waals surface area contributed by atoms with Crippen molar-refractivity contribution in [3.63, 3.8) is 0 Å². The molecule has 0 fully saturated rings. The molecule has 2 aromatic rings. The molecule has 0 spiro atoms. The molecule has 26 heavy (non-hydrogen) atoms. The molecule has 0 aliphatic carbocycles. The molecule has 0 radical (unpaired) electrons. The van der Waals surface area contributed by atoms with Crippen LogP contribution in [0.15, 0.2) is 42.5 Å². The van der Waals surface area contributed by atoms with Gasteiger partial charge in [0, 0.05) is 6.08 Å². The van der Waals surface area contributed by atoms with Gasteiger partial charge in [-0.15, -0.1) is 0 Å². The van der Waals surface area contributed by atoms with Gasteiger partial charge in [0.1, 0.15) is 6.10 Å². The van der Waals surface area contributed by atoms with Crippen LogP contribution >= 0.6 is 0 Å². The number of carboxylic acids is 1. The van der Waals surface area contributed by atoms with Gasteiger partial charge in [-0.25, -0.2) is 4.79 Å². The van der Waals surface area contributed by atoms with E-state index < -0.39 is 30.2 Å². The second-order valence-electron chi connectivity index (χ2n) is 5.35. The van der Waals surface area contributed by atoms with Gasteiger partial charge in [0.2, 0.25) is 0 Å². The predicted molar refractivity (Wildman–Crippen MR) is 89.7 cm³/mol. The maximum absolute atomic E-state index is 12.0. The average Bonchev–Trinajstić information content (AvgIpc) is 2.57. The fraction of sp³-hybridized carbons (Fsp3) is 0.111. The van der Waals surface area contributed by atoms with Crippen LogP contribution in [0.3, 0.4) is 0 Å². The van der Waals surface area contributed by atoms with Crippen LogP contribution in [0.4, 0.5) is 0 Å². The largest absolute Gasteiger partial charge is 0.504 e. The van der Waals surface area contributed by atoms with Crippen molar-refractivity contribution >= 4 is 18.0 Å². The monoisotopic (exact) mass is 360 g/mol. The molecule has 0 amide bonds. The van der Waals surface area contributed by atoms with Crippen molar-refractivity contribution in [1.29, 1.82) is 0 Å². The van der Waals surface area contributed by atoms with E-state index in [9.17, 15) is 30.0 Å². The Morgan fingerprint density at radius 3 is 2.12 bits per heavy atom. The van der Waals surface area contributed by atoms with Crippen LogP contribution in [0.5, 0.6) is 23.0 Å². The van der Waals surface area contributed by atoms with Crippen LogP contribution in [0.1, 0.15) is 23.7 Å². The number of phenols is 4. The maximum Gasteiger partial charge on any atom is 0.331 e. The Labute approximate surface area is 147 Å². The summed E-state index contributed by atoms with van der Waals surface area (Å²) in [5, 5.41) is 46.4. The average molecular weight is 360 g/mol. The summed E-state index contributed by atoms with van der Waals surface area (Å²) in [5.41, 5.74) is 0.612. The molecule has 0 aliphatic rings. The van der Waals surface area contributed by atoms with Gasteiger partial charge < -0.3 is 30.3 Å². The second kappa shape index (κ2) is 7.93. The van der Waals surface area contributed by atoms with Crippen LogP contribution in [-0.4, -0.2) is 37.5 Å². The molecule has 1 unspecified atom stereocenters. The van der Waals surface area contributed by atoms with Crippen LogP contribution in [-0.2, 0) is 14.3 Å². The first-order valence-electron chi connectivity index (χ1n) is 7.40. The standard InChI is InChI=1S/C18H16O8/c19-12-4-1-10(7-14(12)21)2-6-18(25)26-16(9-17(23)24)11-3-5-13(20)15(22)8-11/h1-8,16,19-22H,9H2,(H,23,24)/b6-2+. The smallest absolute Gasteiger partial charge is 0.331 e. The molecule has 0 saturated carbocycles. The summed E-state index contributed by atoms with van der Waals surface area (Å²) in [4.78, 5) is 23.0. The number of hydrogen-bond donors (Lipinski definition) is 5. The zero-order chi connectivity index (χ0) is 19.3. The first-order valence-corrected chi connectivity index (χ1v) is 7.40. The molecule has 1 atom stereocenters. The highest BCUT2D eigenvalue weighted by Gasteiger charge is 2.20. The minimum Gasteiger partial charge on any atom is -0.504 e. The number of phenolic OH excluding ortho intramolecular Hbond substituents is 4. The molecule has 8 heteroatoms. The van der Waals surface area contributed by atoms with Gasteiger partial charge in [0.15, 0.2) is 23.0 Å². The van der Waals surface area contributed by atoms with E-state index in [1.165, 1.54) is 30.3 Å². The topological polar surface area (TPSA) is 145 Å². The lowest BCUT2D eigenvalue weighted by Gasteiger charge is -2.16. The van der Waals surface area contributed by atoms with Crippen LogP contribution in [0.25, 0.3) is 6.08 Å². The number of carbonyl (C=O) groups is 2. The van der Waals surface area contributed by atoms with Gasteiger partial charge in [-0.2, -0.15) is 0 Å². The fourth-order valence-electron chi connectivity index (χ4n) is 2.11. The van der Waals surface area contributed by atoms with E-state index in [0.29, 0.717) is 5.56 Å². The SMILES string of the molecule is O=C(O)CC(OC(=O)/C=C/c1ccc(O)c(O)c1)c1ccc(O)c(O)c1. The van der Waals surface area contributed by atoms with Crippen LogP contribution < -0.4 is 0 Å². The summed E-state index contributed by atoms with van der Waals surface area (Å²) in [7, 11) is 0. The van der Waals surface area contributed by atoms with E-state index in [4.69, 9.17) is 9.84 Å². The van der Waals surface area contributed by atoms with Crippen molar-refractivity contribution < 1.29 is 39.9 Å². The lowest BCUT2D eigenvalue weighted by Crippen LogP contribution is -2.13. The van der Waals surface area contributed by atoms with E-state index in [0.717, 1.165) is 18.2 Å². The fourth-order valence-corrected chi connectivity index (χ4v) is 2.11. The summed E-state index contributed by atoms with van der Waals surface area (Å²) in [5.74, 6) is -3.59. The number of aromatic hydroxyl groups is 4. The quantitative estimate of drug-likeness (QED) is 0.300. The molecule has 2 rings (SSSR count). The molecule has 0 heterocycles. The summed E-state index contributed by atoms with van der Waals surface area (Å²) in [6, 6.07) is 7.52. The molecule has 0 aliphatic heterocycles. The van der Waals surface area contributed by atoms with Crippen LogP contribution in [0.2, 0.25) is 0 Å². The molecule has 0 bridgehead atoms. The van der Waals surface area contributed by atoms with Gasteiger partial charge >= 0.3 is 11.9 Å². The maximum atomic E-state index is 12.0. The van der Waals surface area contributed by atoms with Gasteiger partial charge in [0.25, 0.3) is 0 Å². The third kappa shape index (κ3) is 4.91. The molecule has 5 N–H and O–H groups in total. The number of rotatable bonds is 6. The van der Waals surface area contributed by atoms with E-state index >= 15 is 0 Å². The normalized spacial score (nSPS) is 12.0. The summed E-state index contributed by atoms with van der Waals surface area (Å²) in [6.07, 6.45) is 0.627. The molecular formula is C18H16O8. The Hall–Kier alpha value is -3.68. The third-order valence-corrected chi connectivity index (χ3v) is 3.40. The van der Waals surface area contributed by atoms with Crippen molar-refractivity contribution in [3.05, 3.63) is 53.6 Å². The molecule has 136 valence electrons. The lowest BCUT2D eigenvalue weighted by molar-refractivity contribution is -0.148. The predicted octanol–water partition coefficient (Wildman–Crippen LogP) is 2.28. The number of hydrogen-bond acceptors (Lipinski definition) is 7. The highest BCUT2D eigenvalue weighted by Crippen LogP contribution is 2.31.